The van der Waals surface area contributed by atoms with Crippen LogP contribution in [0.2, 0.25) is 0 Å². The number of rotatable bonds is 14. The quantitative estimate of drug-likeness (QED) is 0.302. The average molecular weight is 334 g/mol. The zero-order chi connectivity index (χ0) is 17.5. The van der Waals surface area contributed by atoms with Crippen molar-refractivity contribution in [2.45, 2.75) is 77.6 Å². The van der Waals surface area contributed by atoms with Gasteiger partial charge in [-0.3, -0.25) is 0 Å². The minimum Gasteiger partial charge on any atom is -0.496 e. The van der Waals surface area contributed by atoms with Crippen molar-refractivity contribution in [3.05, 3.63) is 29.8 Å². The highest BCUT2D eigenvalue weighted by Crippen LogP contribution is 2.18. The average Bonchev–Trinajstić information content (AvgIpc) is 2.62. The molecule has 24 heavy (non-hydrogen) atoms. The maximum atomic E-state index is 12.0. The van der Waals surface area contributed by atoms with Gasteiger partial charge in [-0.15, -0.1) is 0 Å². The second-order valence-corrected chi connectivity index (χ2v) is 6.37. The Morgan fingerprint density at radius 2 is 1.38 bits per heavy atom. The number of hydrogen-bond acceptors (Lipinski definition) is 3. The van der Waals surface area contributed by atoms with Crippen molar-refractivity contribution in [1.82, 2.24) is 0 Å². The zero-order valence-electron chi connectivity index (χ0n) is 15.5. The first-order valence-electron chi connectivity index (χ1n) is 9.59. The maximum absolute atomic E-state index is 12.0. The highest BCUT2D eigenvalue weighted by molar-refractivity contribution is 5.92. The number of benzene rings is 1. The molecule has 1 aromatic rings. The summed E-state index contributed by atoms with van der Waals surface area (Å²) in [5, 5.41) is 0. The van der Waals surface area contributed by atoms with Crippen LogP contribution in [0.3, 0.4) is 0 Å². The highest BCUT2D eigenvalue weighted by Gasteiger charge is 2.12. The van der Waals surface area contributed by atoms with E-state index in [4.69, 9.17) is 9.47 Å². The Balaban J connectivity index is 1.97. The van der Waals surface area contributed by atoms with Crippen LogP contribution >= 0.6 is 0 Å². The number of esters is 1. The van der Waals surface area contributed by atoms with Crippen LogP contribution in [0.25, 0.3) is 0 Å². The van der Waals surface area contributed by atoms with E-state index >= 15 is 0 Å². The van der Waals surface area contributed by atoms with E-state index < -0.39 is 0 Å². The summed E-state index contributed by atoms with van der Waals surface area (Å²) in [6.07, 6.45) is 14.2. The van der Waals surface area contributed by atoms with Crippen LogP contribution in [0.5, 0.6) is 5.75 Å². The maximum Gasteiger partial charge on any atom is 0.341 e. The van der Waals surface area contributed by atoms with E-state index in [1.54, 1.807) is 19.2 Å². The Morgan fingerprint density at radius 3 is 1.96 bits per heavy atom. The molecular weight excluding hydrogens is 300 g/mol. The van der Waals surface area contributed by atoms with Crippen molar-refractivity contribution < 1.29 is 14.3 Å². The Hall–Kier alpha value is -1.51. The Labute approximate surface area is 147 Å². The molecule has 0 atom stereocenters. The number of ether oxygens (including phenoxy) is 2. The van der Waals surface area contributed by atoms with Crippen LogP contribution in [0, 0.1) is 0 Å². The molecule has 136 valence electrons. The second kappa shape index (κ2) is 13.9. The molecule has 0 saturated heterocycles. The van der Waals surface area contributed by atoms with Gasteiger partial charge in [-0.1, -0.05) is 83.3 Å². The topological polar surface area (TPSA) is 35.5 Å². The van der Waals surface area contributed by atoms with Gasteiger partial charge in [0.1, 0.15) is 11.3 Å². The van der Waals surface area contributed by atoms with Gasteiger partial charge in [-0.05, 0) is 18.6 Å². The molecule has 1 rings (SSSR count). The molecular formula is C21H34O3. The smallest absolute Gasteiger partial charge is 0.341 e. The molecule has 0 fully saturated rings. The van der Waals surface area contributed by atoms with Crippen molar-refractivity contribution in [2.24, 2.45) is 0 Å². The molecule has 0 aliphatic carbocycles. The molecule has 0 heterocycles. The van der Waals surface area contributed by atoms with Gasteiger partial charge in [0.15, 0.2) is 0 Å². The fourth-order valence-electron chi connectivity index (χ4n) is 2.82. The monoisotopic (exact) mass is 334 g/mol. The van der Waals surface area contributed by atoms with Gasteiger partial charge in [0, 0.05) is 0 Å². The minimum absolute atomic E-state index is 0.292. The molecule has 3 nitrogen and oxygen atoms in total. The summed E-state index contributed by atoms with van der Waals surface area (Å²) in [6, 6.07) is 7.18. The third-order valence-corrected chi connectivity index (χ3v) is 4.31. The second-order valence-electron chi connectivity index (χ2n) is 6.37. The molecule has 0 amide bonds. The SMILES string of the molecule is CCCCCCCCCCCCCOC(=O)c1ccccc1OC. The Morgan fingerprint density at radius 1 is 0.833 bits per heavy atom. The standard InChI is InChI=1S/C21H34O3/c1-3-4-5-6-7-8-9-10-11-12-15-18-24-21(22)19-16-13-14-17-20(19)23-2/h13-14,16-17H,3-12,15,18H2,1-2H3. The van der Waals surface area contributed by atoms with E-state index in [1.807, 2.05) is 12.1 Å². The number of hydrogen-bond donors (Lipinski definition) is 0. The van der Waals surface area contributed by atoms with Crippen molar-refractivity contribution in [2.75, 3.05) is 13.7 Å². The summed E-state index contributed by atoms with van der Waals surface area (Å²) in [7, 11) is 1.57. The summed E-state index contributed by atoms with van der Waals surface area (Å²) in [5.41, 5.74) is 0.503. The van der Waals surface area contributed by atoms with Crippen LogP contribution < -0.4 is 4.74 Å². The summed E-state index contributed by atoms with van der Waals surface area (Å²) in [6.45, 7) is 2.75. The minimum atomic E-state index is -0.292. The van der Waals surface area contributed by atoms with Gasteiger partial charge in [0.25, 0.3) is 0 Å². The van der Waals surface area contributed by atoms with Crippen LogP contribution in [0.15, 0.2) is 24.3 Å². The van der Waals surface area contributed by atoms with E-state index in [2.05, 4.69) is 6.92 Å². The lowest BCUT2D eigenvalue weighted by Crippen LogP contribution is -2.08. The van der Waals surface area contributed by atoms with Gasteiger partial charge in [0.05, 0.1) is 13.7 Å². The van der Waals surface area contributed by atoms with Crippen molar-refractivity contribution in [3.63, 3.8) is 0 Å². The molecule has 0 bridgehead atoms. The Kier molecular flexibility index (Phi) is 11.9. The fraction of sp³-hybridized carbons (Fsp3) is 0.667. The van der Waals surface area contributed by atoms with E-state index in [9.17, 15) is 4.79 Å². The molecule has 0 aliphatic heterocycles. The first-order chi connectivity index (χ1) is 11.8. The normalized spacial score (nSPS) is 10.6. The van der Waals surface area contributed by atoms with Crippen molar-refractivity contribution >= 4 is 5.97 Å². The molecule has 0 N–H and O–H groups in total. The highest BCUT2D eigenvalue weighted by atomic mass is 16.5. The van der Waals surface area contributed by atoms with Crippen molar-refractivity contribution in [3.8, 4) is 5.75 Å². The lowest BCUT2D eigenvalue weighted by molar-refractivity contribution is 0.0494. The molecule has 0 radical (unpaired) electrons. The predicted molar refractivity (Wildman–Crippen MR) is 99.7 cm³/mol. The van der Waals surface area contributed by atoms with Crippen LogP contribution in [0.4, 0.5) is 0 Å². The largest absolute Gasteiger partial charge is 0.496 e. The molecule has 3 heteroatoms. The summed E-state index contributed by atoms with van der Waals surface area (Å²) in [5.74, 6) is 0.279. The number of unbranched alkanes of at least 4 members (excludes halogenated alkanes) is 10. The number of carbonyl (C=O) groups is 1. The third kappa shape index (κ3) is 8.95. The number of methoxy groups -OCH3 is 1. The number of para-hydroxylation sites is 1. The lowest BCUT2D eigenvalue weighted by atomic mass is 10.1. The predicted octanol–water partition coefficient (Wildman–Crippen LogP) is 6.16. The lowest BCUT2D eigenvalue weighted by Gasteiger charge is -2.08. The van der Waals surface area contributed by atoms with Crippen LogP contribution in [-0.4, -0.2) is 19.7 Å². The third-order valence-electron chi connectivity index (χ3n) is 4.31. The van der Waals surface area contributed by atoms with Gasteiger partial charge in [-0.25, -0.2) is 4.79 Å². The van der Waals surface area contributed by atoms with Gasteiger partial charge >= 0.3 is 5.97 Å². The Bertz CT molecular complexity index is 442. The molecule has 1 aromatic carbocycles. The zero-order valence-corrected chi connectivity index (χ0v) is 15.5. The molecule has 0 saturated carbocycles. The molecule has 0 spiro atoms. The molecule has 0 unspecified atom stereocenters. The first kappa shape index (κ1) is 20.5. The summed E-state index contributed by atoms with van der Waals surface area (Å²) < 4.78 is 10.5. The van der Waals surface area contributed by atoms with E-state index in [-0.39, 0.29) is 5.97 Å². The van der Waals surface area contributed by atoms with E-state index in [0.29, 0.717) is 17.9 Å². The van der Waals surface area contributed by atoms with Crippen LogP contribution in [0.1, 0.15) is 87.9 Å². The van der Waals surface area contributed by atoms with Gasteiger partial charge in [0.2, 0.25) is 0 Å². The first-order valence-corrected chi connectivity index (χ1v) is 9.59. The van der Waals surface area contributed by atoms with Gasteiger partial charge in [-0.2, -0.15) is 0 Å². The fourth-order valence-corrected chi connectivity index (χ4v) is 2.82. The summed E-state index contributed by atoms with van der Waals surface area (Å²) >= 11 is 0. The van der Waals surface area contributed by atoms with E-state index in [1.165, 1.54) is 57.8 Å². The molecule has 0 aliphatic rings. The van der Waals surface area contributed by atoms with Gasteiger partial charge < -0.3 is 9.47 Å². The summed E-state index contributed by atoms with van der Waals surface area (Å²) in [4.78, 5) is 12.0. The van der Waals surface area contributed by atoms with E-state index in [0.717, 1.165) is 12.8 Å². The number of carbonyl (C=O) groups excluding carboxylic acids is 1. The molecule has 0 aromatic heterocycles. The van der Waals surface area contributed by atoms with Crippen LogP contribution in [-0.2, 0) is 4.74 Å². The van der Waals surface area contributed by atoms with Crippen molar-refractivity contribution in [1.29, 1.82) is 0 Å².